The van der Waals surface area contributed by atoms with Gasteiger partial charge >= 0.3 is 18.1 Å². The van der Waals surface area contributed by atoms with Gasteiger partial charge < -0.3 is 14.2 Å². The number of halogens is 3. The average Bonchev–Trinajstić information content (AvgIpc) is 2.53. The number of ether oxygens (including phenoxy) is 3. The average molecular weight is 349 g/mol. The molecule has 0 N–H and O–H groups in total. The normalized spacial score (nSPS) is 11.0. The Morgan fingerprint density at radius 3 is 2.54 bits per heavy atom. The summed E-state index contributed by atoms with van der Waals surface area (Å²) in [6, 6.07) is 0.723. The lowest BCUT2D eigenvalue weighted by Gasteiger charge is -2.15. The number of hydrogen-bond donors (Lipinski definition) is 0. The third-order valence-corrected chi connectivity index (χ3v) is 2.92. The second-order valence-corrected chi connectivity index (χ2v) is 4.64. The van der Waals surface area contributed by atoms with Crippen molar-refractivity contribution in [1.82, 2.24) is 4.98 Å². The Kier molecular flexibility index (Phi) is 7.47. The lowest BCUT2D eigenvalue weighted by molar-refractivity contribution is -0.143. The molecule has 0 aliphatic rings. The van der Waals surface area contributed by atoms with Crippen molar-refractivity contribution >= 4 is 11.9 Å². The van der Waals surface area contributed by atoms with E-state index < -0.39 is 29.2 Å². The molecule has 0 saturated carbocycles. The van der Waals surface area contributed by atoms with E-state index in [1.165, 1.54) is 0 Å². The molecule has 0 aliphatic heterocycles. The van der Waals surface area contributed by atoms with Crippen LogP contribution in [0.5, 0.6) is 5.75 Å². The van der Waals surface area contributed by atoms with Crippen LogP contribution in [-0.2, 0) is 20.4 Å². The van der Waals surface area contributed by atoms with Crippen molar-refractivity contribution in [2.24, 2.45) is 0 Å². The predicted molar refractivity (Wildman–Crippen MR) is 76.6 cm³/mol. The highest BCUT2D eigenvalue weighted by Gasteiger charge is 2.37. The van der Waals surface area contributed by atoms with Crippen LogP contribution in [-0.4, -0.2) is 37.2 Å². The smallest absolute Gasteiger partial charge is 0.420 e. The van der Waals surface area contributed by atoms with Gasteiger partial charge in [0.2, 0.25) is 0 Å². The van der Waals surface area contributed by atoms with Gasteiger partial charge in [-0.3, -0.25) is 4.79 Å². The fourth-order valence-corrected chi connectivity index (χ4v) is 1.84. The zero-order valence-electron chi connectivity index (χ0n) is 13.3. The van der Waals surface area contributed by atoms with Gasteiger partial charge in [-0.05, 0) is 25.8 Å². The van der Waals surface area contributed by atoms with E-state index in [1.807, 2.05) is 0 Å². The number of methoxy groups -OCH3 is 1. The highest BCUT2D eigenvalue weighted by molar-refractivity contribution is 5.90. The molecule has 1 aromatic heterocycles. The minimum atomic E-state index is -4.70. The third-order valence-electron chi connectivity index (χ3n) is 2.92. The molecule has 0 atom stereocenters. The Labute approximate surface area is 136 Å². The molecule has 0 saturated heterocycles. The molecule has 0 fully saturated rings. The Morgan fingerprint density at radius 1 is 1.25 bits per heavy atom. The van der Waals surface area contributed by atoms with Crippen LogP contribution in [0.15, 0.2) is 12.3 Å². The molecule has 1 heterocycles. The van der Waals surface area contributed by atoms with Crippen LogP contribution >= 0.6 is 0 Å². The quantitative estimate of drug-likeness (QED) is 0.531. The zero-order valence-corrected chi connectivity index (χ0v) is 13.3. The van der Waals surface area contributed by atoms with Gasteiger partial charge in [-0.1, -0.05) is 0 Å². The topological polar surface area (TPSA) is 74.7 Å². The number of rotatable bonds is 8. The van der Waals surface area contributed by atoms with Gasteiger partial charge in [-0.15, -0.1) is 0 Å². The number of carbonyl (C=O) groups is 2. The zero-order chi connectivity index (χ0) is 18.2. The van der Waals surface area contributed by atoms with Crippen molar-refractivity contribution in [2.45, 2.75) is 32.4 Å². The van der Waals surface area contributed by atoms with E-state index in [1.54, 1.807) is 6.92 Å². The predicted octanol–water partition coefficient (Wildman–Crippen LogP) is 3.00. The number of alkyl halides is 3. The SMILES string of the molecule is CCOC(=O)CCCCOc1c(C(F)(F)F)ccnc1C(=O)OC. The van der Waals surface area contributed by atoms with Gasteiger partial charge in [0.05, 0.1) is 20.3 Å². The first kappa shape index (κ1) is 19.7. The van der Waals surface area contributed by atoms with Crippen LogP contribution in [0.25, 0.3) is 0 Å². The summed E-state index contributed by atoms with van der Waals surface area (Å²) in [4.78, 5) is 26.3. The maximum Gasteiger partial charge on any atom is 0.420 e. The van der Waals surface area contributed by atoms with E-state index in [0.29, 0.717) is 12.8 Å². The van der Waals surface area contributed by atoms with E-state index in [9.17, 15) is 22.8 Å². The first-order valence-corrected chi connectivity index (χ1v) is 7.24. The number of pyridine rings is 1. The van der Waals surface area contributed by atoms with Crippen LogP contribution in [0.2, 0.25) is 0 Å². The summed E-state index contributed by atoms with van der Waals surface area (Å²) in [5.74, 6) is -2.08. The van der Waals surface area contributed by atoms with Crippen molar-refractivity contribution in [2.75, 3.05) is 20.3 Å². The molecule has 1 aromatic rings. The lowest BCUT2D eigenvalue weighted by atomic mass is 10.2. The summed E-state index contributed by atoms with van der Waals surface area (Å²) in [5, 5.41) is 0. The third kappa shape index (κ3) is 5.71. The largest absolute Gasteiger partial charge is 0.490 e. The number of unbranched alkanes of at least 4 members (excludes halogenated alkanes) is 1. The number of carbonyl (C=O) groups excluding carboxylic acids is 2. The Bertz CT molecular complexity index is 575. The van der Waals surface area contributed by atoms with Crippen LogP contribution in [0.1, 0.15) is 42.2 Å². The van der Waals surface area contributed by atoms with Crippen LogP contribution < -0.4 is 4.74 Å². The second kappa shape index (κ2) is 9.09. The Morgan fingerprint density at radius 2 is 1.96 bits per heavy atom. The summed E-state index contributed by atoms with van der Waals surface area (Å²) in [5.41, 5.74) is -1.65. The van der Waals surface area contributed by atoms with Crippen molar-refractivity contribution in [1.29, 1.82) is 0 Å². The van der Waals surface area contributed by atoms with Crippen LogP contribution in [0, 0.1) is 0 Å². The molecule has 0 radical (unpaired) electrons. The number of hydrogen-bond acceptors (Lipinski definition) is 6. The van der Waals surface area contributed by atoms with Crippen molar-refractivity contribution in [3.63, 3.8) is 0 Å². The van der Waals surface area contributed by atoms with Crippen molar-refractivity contribution in [3.8, 4) is 5.75 Å². The van der Waals surface area contributed by atoms with Crippen LogP contribution in [0.4, 0.5) is 13.2 Å². The summed E-state index contributed by atoms with van der Waals surface area (Å²) in [6.07, 6.45) is -3.01. The standard InChI is InChI=1S/C15H18F3NO5/c1-3-23-11(20)6-4-5-9-24-13-10(15(16,17)18)7-8-19-12(13)14(21)22-2/h7-8H,3-6,9H2,1-2H3. The van der Waals surface area contributed by atoms with Gasteiger partial charge in [0.15, 0.2) is 11.4 Å². The van der Waals surface area contributed by atoms with Gasteiger partial charge in [0.25, 0.3) is 0 Å². The lowest BCUT2D eigenvalue weighted by Crippen LogP contribution is -2.15. The maximum atomic E-state index is 13.0. The number of esters is 2. The summed E-state index contributed by atoms with van der Waals surface area (Å²) in [6.45, 7) is 1.83. The van der Waals surface area contributed by atoms with Gasteiger partial charge in [0, 0.05) is 12.6 Å². The number of aromatic nitrogens is 1. The molecule has 1 rings (SSSR count). The van der Waals surface area contributed by atoms with Gasteiger partial charge in [0.1, 0.15) is 5.56 Å². The van der Waals surface area contributed by atoms with Gasteiger partial charge in [-0.2, -0.15) is 13.2 Å². The summed E-state index contributed by atoms with van der Waals surface area (Å²) in [7, 11) is 1.04. The highest BCUT2D eigenvalue weighted by Crippen LogP contribution is 2.37. The molecule has 134 valence electrons. The molecule has 0 bridgehead atoms. The number of nitrogens with zero attached hydrogens (tertiary/aromatic N) is 1. The molecule has 24 heavy (non-hydrogen) atoms. The van der Waals surface area contributed by atoms with E-state index >= 15 is 0 Å². The minimum absolute atomic E-state index is 0.113. The van der Waals surface area contributed by atoms with Crippen molar-refractivity contribution < 1.29 is 37.0 Å². The minimum Gasteiger partial charge on any atom is -0.490 e. The van der Waals surface area contributed by atoms with Gasteiger partial charge in [-0.25, -0.2) is 9.78 Å². The van der Waals surface area contributed by atoms with E-state index in [0.717, 1.165) is 19.4 Å². The molecule has 0 unspecified atom stereocenters. The molecule has 6 nitrogen and oxygen atoms in total. The van der Waals surface area contributed by atoms with E-state index in [4.69, 9.17) is 9.47 Å². The second-order valence-electron chi connectivity index (χ2n) is 4.64. The first-order chi connectivity index (χ1) is 11.3. The molecular weight excluding hydrogens is 331 g/mol. The summed E-state index contributed by atoms with van der Waals surface area (Å²) >= 11 is 0. The highest BCUT2D eigenvalue weighted by atomic mass is 19.4. The first-order valence-electron chi connectivity index (χ1n) is 7.24. The molecule has 0 amide bonds. The Balaban J connectivity index is 2.78. The van der Waals surface area contributed by atoms with E-state index in [-0.39, 0.29) is 25.6 Å². The van der Waals surface area contributed by atoms with Crippen molar-refractivity contribution in [3.05, 3.63) is 23.5 Å². The molecule has 0 aliphatic carbocycles. The molecule has 9 heteroatoms. The molecule has 0 spiro atoms. The molecule has 0 aromatic carbocycles. The maximum absolute atomic E-state index is 13.0. The summed E-state index contributed by atoms with van der Waals surface area (Å²) < 4.78 is 53.4. The van der Waals surface area contributed by atoms with Crippen LogP contribution in [0.3, 0.4) is 0 Å². The Hall–Kier alpha value is -2.32. The van der Waals surface area contributed by atoms with E-state index in [2.05, 4.69) is 9.72 Å². The molecular formula is C15H18F3NO5. The fourth-order valence-electron chi connectivity index (χ4n) is 1.84. The fraction of sp³-hybridized carbons (Fsp3) is 0.533. The monoisotopic (exact) mass is 349 g/mol.